The summed E-state index contributed by atoms with van der Waals surface area (Å²) in [6.45, 7) is 5.77. The first-order valence-corrected chi connectivity index (χ1v) is 8.65. The number of ether oxygens (including phenoxy) is 4. The van der Waals surface area contributed by atoms with E-state index in [0.717, 1.165) is 45.1 Å². The summed E-state index contributed by atoms with van der Waals surface area (Å²) in [5, 5.41) is 0. The molecule has 3 atom stereocenters. The van der Waals surface area contributed by atoms with Crippen LogP contribution < -0.4 is 0 Å². The van der Waals surface area contributed by atoms with Crippen LogP contribution in [0.2, 0.25) is 0 Å². The van der Waals surface area contributed by atoms with Crippen molar-refractivity contribution < 1.29 is 20.3 Å². The quantitative estimate of drug-likeness (QED) is 0.497. The molecule has 22 heavy (non-hydrogen) atoms. The second kappa shape index (κ2) is 9.02. The summed E-state index contributed by atoms with van der Waals surface area (Å²) >= 11 is 0. The normalized spacial score (nSPS) is 30.5. The first-order chi connectivity index (χ1) is 11.1. The van der Waals surface area contributed by atoms with Gasteiger partial charge in [0.2, 0.25) is 0 Å². The Labute approximate surface area is 136 Å². The van der Waals surface area contributed by atoms with Crippen LogP contribution in [0.15, 0.2) is 12.2 Å². The minimum Gasteiger partial charge on any atom is -0.353 e. The predicted octanol–water partition coefficient (Wildman–Crippen LogP) is 4.19. The highest BCUT2D eigenvalue weighted by Gasteiger charge is 2.31. The Balaban J connectivity index is 1.81. The molecule has 2 rings (SSSR count). The standard InChI is InChI=1S/C18H32O4/c1-4-5-6-9-15(21-17-10-7-8-13-19-17)11-12-16-14-20-18(2,3)22-16/h11-12,15-17H,4-10,13-14H2,1-3H3/b12-11+/t15?,16-,17?/m0/s1/i1D. The van der Waals surface area contributed by atoms with Gasteiger partial charge in [-0.25, -0.2) is 0 Å². The van der Waals surface area contributed by atoms with Crippen molar-refractivity contribution in [1.82, 2.24) is 0 Å². The van der Waals surface area contributed by atoms with Crippen molar-refractivity contribution in [3.63, 3.8) is 0 Å². The molecule has 0 aliphatic carbocycles. The second-order valence-corrected chi connectivity index (χ2v) is 6.57. The van der Waals surface area contributed by atoms with E-state index >= 15 is 0 Å². The third kappa shape index (κ3) is 6.37. The molecule has 0 bridgehead atoms. The van der Waals surface area contributed by atoms with Crippen LogP contribution >= 0.6 is 0 Å². The maximum Gasteiger partial charge on any atom is 0.163 e. The topological polar surface area (TPSA) is 36.9 Å². The highest BCUT2D eigenvalue weighted by atomic mass is 16.7. The first kappa shape index (κ1) is 16.4. The predicted molar refractivity (Wildman–Crippen MR) is 86.7 cm³/mol. The van der Waals surface area contributed by atoms with Crippen LogP contribution in [0.3, 0.4) is 0 Å². The van der Waals surface area contributed by atoms with E-state index in [1.165, 1.54) is 6.42 Å². The molecule has 2 fully saturated rings. The Morgan fingerprint density at radius 1 is 1.36 bits per heavy atom. The third-order valence-corrected chi connectivity index (χ3v) is 4.02. The van der Waals surface area contributed by atoms with Crippen molar-refractivity contribution >= 4 is 0 Å². The molecule has 0 saturated carbocycles. The fourth-order valence-electron chi connectivity index (χ4n) is 2.80. The molecule has 0 aromatic carbocycles. The lowest BCUT2D eigenvalue weighted by Crippen LogP contribution is -2.27. The van der Waals surface area contributed by atoms with E-state index in [1.807, 2.05) is 13.8 Å². The molecule has 4 nitrogen and oxygen atoms in total. The van der Waals surface area contributed by atoms with E-state index in [2.05, 4.69) is 12.2 Å². The zero-order chi connectivity index (χ0) is 16.5. The van der Waals surface area contributed by atoms with Gasteiger partial charge in [-0.2, -0.15) is 0 Å². The van der Waals surface area contributed by atoms with Gasteiger partial charge in [-0.3, -0.25) is 0 Å². The van der Waals surface area contributed by atoms with Crippen LogP contribution in [0.25, 0.3) is 0 Å². The molecule has 0 spiro atoms. The van der Waals surface area contributed by atoms with Gasteiger partial charge in [0.1, 0.15) is 6.10 Å². The van der Waals surface area contributed by atoms with Gasteiger partial charge in [-0.15, -0.1) is 0 Å². The van der Waals surface area contributed by atoms with Gasteiger partial charge >= 0.3 is 0 Å². The summed E-state index contributed by atoms with van der Waals surface area (Å²) < 4.78 is 30.5. The zero-order valence-electron chi connectivity index (χ0n) is 15.1. The maximum atomic E-state index is 7.23. The summed E-state index contributed by atoms with van der Waals surface area (Å²) in [4.78, 5) is 0. The van der Waals surface area contributed by atoms with Gasteiger partial charge in [0.15, 0.2) is 12.1 Å². The molecule has 128 valence electrons. The zero-order valence-corrected chi connectivity index (χ0v) is 14.1. The van der Waals surface area contributed by atoms with E-state index in [4.69, 9.17) is 20.3 Å². The van der Waals surface area contributed by atoms with Crippen LogP contribution in [-0.4, -0.2) is 37.5 Å². The lowest BCUT2D eigenvalue weighted by atomic mass is 10.1. The number of hydrogen-bond acceptors (Lipinski definition) is 4. The summed E-state index contributed by atoms with van der Waals surface area (Å²) in [7, 11) is 0. The van der Waals surface area contributed by atoms with E-state index in [9.17, 15) is 0 Å². The fraction of sp³-hybridized carbons (Fsp3) is 0.889. The average Bonchev–Trinajstić information content (AvgIpc) is 2.89. The monoisotopic (exact) mass is 313 g/mol. The van der Waals surface area contributed by atoms with Crippen molar-refractivity contribution in [2.45, 2.75) is 90.0 Å². The number of unbranched alkanes of at least 4 members (excludes halogenated alkanes) is 2. The van der Waals surface area contributed by atoms with Crippen molar-refractivity contribution in [1.29, 1.82) is 0 Å². The van der Waals surface area contributed by atoms with E-state index in [0.29, 0.717) is 13.5 Å². The SMILES string of the molecule is [2H]CCCCCC(/C=C/[C@H]1COC(C)(C)O1)OC1CCCCO1. The lowest BCUT2D eigenvalue weighted by Gasteiger charge is -2.26. The summed E-state index contributed by atoms with van der Waals surface area (Å²) in [6, 6.07) is 0. The van der Waals surface area contributed by atoms with Crippen LogP contribution in [0.1, 0.15) is 67.1 Å². The molecule has 4 heteroatoms. The molecule has 2 saturated heterocycles. The molecule has 0 radical (unpaired) electrons. The Bertz CT molecular complexity index is 353. The fourth-order valence-corrected chi connectivity index (χ4v) is 2.80. The molecule has 0 aromatic rings. The lowest BCUT2D eigenvalue weighted by molar-refractivity contribution is -0.179. The minimum absolute atomic E-state index is 0.00313. The number of hydrogen-bond donors (Lipinski definition) is 0. The van der Waals surface area contributed by atoms with Gasteiger partial charge in [0.05, 0.1) is 12.7 Å². The molecule has 0 N–H and O–H groups in total. The highest BCUT2D eigenvalue weighted by Crippen LogP contribution is 2.24. The van der Waals surface area contributed by atoms with E-state index in [1.54, 1.807) is 0 Å². The van der Waals surface area contributed by atoms with Gasteiger partial charge in [-0.1, -0.05) is 38.3 Å². The van der Waals surface area contributed by atoms with Crippen molar-refractivity contribution in [2.75, 3.05) is 13.2 Å². The minimum atomic E-state index is -0.494. The summed E-state index contributed by atoms with van der Waals surface area (Å²) in [6.07, 6.45) is 11.5. The van der Waals surface area contributed by atoms with Gasteiger partial charge in [0.25, 0.3) is 0 Å². The molecule has 0 amide bonds. The van der Waals surface area contributed by atoms with Crippen LogP contribution in [0.5, 0.6) is 0 Å². The van der Waals surface area contributed by atoms with Crippen molar-refractivity contribution in [2.24, 2.45) is 0 Å². The first-order valence-electron chi connectivity index (χ1n) is 9.36. The van der Waals surface area contributed by atoms with Crippen molar-refractivity contribution in [3.05, 3.63) is 12.2 Å². The van der Waals surface area contributed by atoms with Crippen LogP contribution in [0, 0.1) is 0 Å². The van der Waals surface area contributed by atoms with E-state index < -0.39 is 5.79 Å². The largest absolute Gasteiger partial charge is 0.353 e. The average molecular weight is 313 g/mol. The van der Waals surface area contributed by atoms with Crippen molar-refractivity contribution in [3.8, 4) is 0 Å². The smallest absolute Gasteiger partial charge is 0.163 e. The Morgan fingerprint density at radius 3 is 2.95 bits per heavy atom. The van der Waals surface area contributed by atoms with Crippen LogP contribution in [-0.2, 0) is 18.9 Å². The molecule has 2 aliphatic heterocycles. The van der Waals surface area contributed by atoms with Gasteiger partial charge in [-0.05, 0) is 39.5 Å². The second-order valence-electron chi connectivity index (χ2n) is 6.57. The Hall–Kier alpha value is -0.420. The molecule has 2 unspecified atom stereocenters. The van der Waals surface area contributed by atoms with Gasteiger partial charge in [0, 0.05) is 7.98 Å². The molecule has 0 aromatic heterocycles. The summed E-state index contributed by atoms with van der Waals surface area (Å²) in [5.41, 5.74) is 0. The Kier molecular flexibility index (Phi) is 6.74. The number of rotatable bonds is 8. The summed E-state index contributed by atoms with van der Waals surface area (Å²) in [5.74, 6) is -0.494. The molecule has 2 heterocycles. The van der Waals surface area contributed by atoms with Crippen LogP contribution in [0.4, 0.5) is 0 Å². The highest BCUT2D eigenvalue weighted by molar-refractivity contribution is 4.97. The molecular weight excluding hydrogens is 280 g/mol. The van der Waals surface area contributed by atoms with E-state index in [-0.39, 0.29) is 18.5 Å². The maximum absolute atomic E-state index is 7.23. The Morgan fingerprint density at radius 2 is 2.27 bits per heavy atom. The molecular formula is C18H32O4. The van der Waals surface area contributed by atoms with Gasteiger partial charge < -0.3 is 18.9 Å². The molecule has 2 aliphatic rings. The third-order valence-electron chi connectivity index (χ3n) is 4.02.